The molecular weight excluding hydrogens is 520 g/mol. The van der Waals surface area contributed by atoms with Crippen molar-refractivity contribution in [3.05, 3.63) is 11.1 Å². The van der Waals surface area contributed by atoms with E-state index in [9.17, 15) is 9.90 Å². The Bertz CT molecular complexity index is 1090. The van der Waals surface area contributed by atoms with Crippen molar-refractivity contribution >= 4 is 5.91 Å². The standard InChI is InChI=1S/C37H62N2O3/c1-32(2)15-17-37(31(41)38-19-8-20-39-21-23-42-24-22-39)18-16-35(6)26(27(37)25-32)9-10-29-34(5)13-12-30(40)33(3,4)28(34)11-14-36(29,35)7/h28-30,40H,8-25H2,1-7H3,(H,38,41)/t28-,29+,30-,34-,35+,36+,37-/m0/s1. The molecule has 0 radical (unpaired) electrons. The summed E-state index contributed by atoms with van der Waals surface area (Å²) < 4.78 is 5.51. The van der Waals surface area contributed by atoms with Crippen molar-refractivity contribution in [2.24, 2.45) is 44.3 Å². The monoisotopic (exact) mass is 582 g/mol. The fourth-order valence-corrected chi connectivity index (χ4v) is 12.1. The van der Waals surface area contributed by atoms with Crippen LogP contribution in [-0.4, -0.2) is 61.4 Å². The lowest BCUT2D eigenvalue weighted by Crippen LogP contribution is -2.64. The van der Waals surface area contributed by atoms with Gasteiger partial charge in [-0.15, -0.1) is 0 Å². The number of amides is 1. The molecule has 0 aromatic carbocycles. The number of ether oxygens (including phenoxy) is 1. The molecule has 1 saturated heterocycles. The van der Waals surface area contributed by atoms with Gasteiger partial charge in [0.25, 0.3) is 0 Å². The van der Waals surface area contributed by atoms with Crippen LogP contribution in [0.5, 0.6) is 0 Å². The number of aliphatic hydroxyl groups is 1. The van der Waals surface area contributed by atoms with Crippen molar-refractivity contribution in [1.29, 1.82) is 0 Å². The number of morpholine rings is 1. The third kappa shape index (κ3) is 4.60. The maximum absolute atomic E-state index is 14.3. The van der Waals surface area contributed by atoms with Crippen LogP contribution in [-0.2, 0) is 9.53 Å². The van der Waals surface area contributed by atoms with Gasteiger partial charge in [0.05, 0.1) is 24.7 Å². The van der Waals surface area contributed by atoms with E-state index in [0.29, 0.717) is 17.7 Å². The fraction of sp³-hybridized carbons (Fsp3) is 0.919. The molecule has 0 aromatic rings. The maximum Gasteiger partial charge on any atom is 0.230 e. The average Bonchev–Trinajstić information content (AvgIpc) is 2.94. The van der Waals surface area contributed by atoms with Gasteiger partial charge in [-0.05, 0) is 123 Å². The quantitative estimate of drug-likeness (QED) is 0.267. The van der Waals surface area contributed by atoms with Gasteiger partial charge in [0.1, 0.15) is 0 Å². The number of rotatable bonds is 5. The van der Waals surface area contributed by atoms with Crippen molar-refractivity contribution in [2.75, 3.05) is 39.4 Å². The molecule has 0 bridgehead atoms. The number of fused-ring (bicyclic) bond motifs is 6. The van der Waals surface area contributed by atoms with Crippen LogP contribution >= 0.6 is 0 Å². The van der Waals surface area contributed by atoms with Crippen molar-refractivity contribution < 1.29 is 14.6 Å². The van der Waals surface area contributed by atoms with E-state index in [-0.39, 0.29) is 38.6 Å². The zero-order valence-corrected chi connectivity index (χ0v) is 28.2. The molecule has 1 amide bonds. The molecule has 5 aliphatic carbocycles. The molecule has 0 spiro atoms. The number of hydrogen-bond acceptors (Lipinski definition) is 4. The normalized spacial score (nSPS) is 44.8. The Balaban J connectivity index is 1.28. The smallest absolute Gasteiger partial charge is 0.230 e. The van der Waals surface area contributed by atoms with Crippen molar-refractivity contribution in [1.82, 2.24) is 10.2 Å². The Morgan fingerprint density at radius 2 is 1.60 bits per heavy atom. The molecule has 5 nitrogen and oxygen atoms in total. The van der Waals surface area contributed by atoms with E-state index in [1.807, 2.05) is 0 Å². The molecule has 5 heteroatoms. The van der Waals surface area contributed by atoms with Gasteiger partial charge in [0, 0.05) is 19.6 Å². The fourth-order valence-electron chi connectivity index (χ4n) is 12.1. The Morgan fingerprint density at radius 3 is 2.33 bits per heavy atom. The Labute approximate surface area is 257 Å². The minimum Gasteiger partial charge on any atom is -0.393 e. The van der Waals surface area contributed by atoms with Gasteiger partial charge < -0.3 is 15.2 Å². The second-order valence-electron chi connectivity index (χ2n) is 17.8. The first kappa shape index (κ1) is 31.1. The van der Waals surface area contributed by atoms with E-state index in [4.69, 9.17) is 4.74 Å². The van der Waals surface area contributed by atoms with Gasteiger partial charge in [-0.1, -0.05) is 59.6 Å². The average molecular weight is 583 g/mol. The topological polar surface area (TPSA) is 61.8 Å². The molecule has 7 atom stereocenters. The summed E-state index contributed by atoms with van der Waals surface area (Å²) in [6.07, 6.45) is 13.2. The van der Waals surface area contributed by atoms with Crippen LogP contribution in [0.2, 0.25) is 0 Å². The second kappa shape index (κ2) is 10.6. The highest BCUT2D eigenvalue weighted by molar-refractivity contribution is 5.87. The highest BCUT2D eigenvalue weighted by Gasteiger charge is 2.68. The summed E-state index contributed by atoms with van der Waals surface area (Å²) in [5, 5.41) is 14.5. The number of nitrogens with zero attached hydrogens (tertiary/aromatic N) is 1. The predicted molar refractivity (Wildman–Crippen MR) is 170 cm³/mol. The molecular formula is C37H62N2O3. The van der Waals surface area contributed by atoms with Crippen LogP contribution in [0, 0.1) is 44.3 Å². The van der Waals surface area contributed by atoms with Crippen LogP contribution in [0.4, 0.5) is 0 Å². The number of hydrogen-bond donors (Lipinski definition) is 2. The highest BCUT2D eigenvalue weighted by Crippen LogP contribution is 2.75. The lowest BCUT2D eigenvalue weighted by molar-refractivity contribution is -0.204. The highest BCUT2D eigenvalue weighted by atomic mass is 16.5. The van der Waals surface area contributed by atoms with Gasteiger partial charge in [0.2, 0.25) is 5.91 Å². The Morgan fingerprint density at radius 1 is 0.881 bits per heavy atom. The van der Waals surface area contributed by atoms with E-state index in [0.717, 1.165) is 90.8 Å². The number of carbonyl (C=O) groups excluding carboxylic acids is 1. The first-order chi connectivity index (χ1) is 19.7. The van der Waals surface area contributed by atoms with E-state index in [1.54, 1.807) is 11.1 Å². The van der Waals surface area contributed by atoms with E-state index in [1.165, 1.54) is 25.7 Å². The van der Waals surface area contributed by atoms with Crippen molar-refractivity contribution in [2.45, 2.75) is 132 Å². The molecule has 0 aromatic heterocycles. The second-order valence-corrected chi connectivity index (χ2v) is 17.8. The lowest BCUT2D eigenvalue weighted by atomic mass is 9.34. The van der Waals surface area contributed by atoms with Crippen LogP contribution in [0.15, 0.2) is 11.1 Å². The summed E-state index contributed by atoms with van der Waals surface area (Å²) in [4.78, 5) is 16.8. The third-order valence-corrected chi connectivity index (χ3v) is 15.0. The van der Waals surface area contributed by atoms with Gasteiger partial charge in [0.15, 0.2) is 0 Å². The van der Waals surface area contributed by atoms with Crippen LogP contribution < -0.4 is 5.32 Å². The molecule has 5 fully saturated rings. The largest absolute Gasteiger partial charge is 0.393 e. The van der Waals surface area contributed by atoms with Gasteiger partial charge in [-0.2, -0.15) is 0 Å². The molecule has 6 rings (SSSR count). The summed E-state index contributed by atoms with van der Waals surface area (Å²) in [6, 6.07) is 0. The Hall–Kier alpha value is -0.910. The molecule has 42 heavy (non-hydrogen) atoms. The third-order valence-electron chi connectivity index (χ3n) is 15.0. The van der Waals surface area contributed by atoms with Gasteiger partial charge in [-0.3, -0.25) is 9.69 Å². The first-order valence-electron chi connectivity index (χ1n) is 17.7. The summed E-state index contributed by atoms with van der Waals surface area (Å²) in [5.74, 6) is 1.60. The van der Waals surface area contributed by atoms with Crippen LogP contribution in [0.25, 0.3) is 0 Å². The summed E-state index contributed by atoms with van der Waals surface area (Å²) in [5.41, 5.74) is 3.89. The predicted octanol–water partition coefficient (Wildman–Crippen LogP) is 7.13. The molecule has 4 saturated carbocycles. The van der Waals surface area contributed by atoms with E-state index < -0.39 is 0 Å². The summed E-state index contributed by atoms with van der Waals surface area (Å²) in [6.45, 7) is 23.0. The van der Waals surface area contributed by atoms with Gasteiger partial charge >= 0.3 is 0 Å². The SMILES string of the molecule is CC1(C)CC[C@]2(C(=O)NCCCN3CCOCC3)CC[C@]3(C)C(=C2C1)CC[C@@H]1[C@@]2(C)CC[C@H](O)C(C)(C)[C@@H]2CC[C@]13C. The lowest BCUT2D eigenvalue weighted by Gasteiger charge is -2.71. The molecule has 238 valence electrons. The Kier molecular flexibility index (Phi) is 7.83. The summed E-state index contributed by atoms with van der Waals surface area (Å²) in [7, 11) is 0. The van der Waals surface area contributed by atoms with Gasteiger partial charge in [-0.25, -0.2) is 0 Å². The molecule has 0 unspecified atom stereocenters. The van der Waals surface area contributed by atoms with Crippen LogP contribution in [0.3, 0.4) is 0 Å². The summed E-state index contributed by atoms with van der Waals surface area (Å²) >= 11 is 0. The zero-order chi connectivity index (χ0) is 30.2. The maximum atomic E-state index is 14.3. The number of nitrogens with one attached hydrogen (secondary N) is 1. The molecule has 1 heterocycles. The van der Waals surface area contributed by atoms with Crippen LogP contribution in [0.1, 0.15) is 126 Å². The number of carbonyl (C=O) groups is 1. The first-order valence-corrected chi connectivity index (χ1v) is 17.7. The van der Waals surface area contributed by atoms with E-state index >= 15 is 0 Å². The molecule has 2 N–H and O–H groups in total. The van der Waals surface area contributed by atoms with E-state index in [2.05, 4.69) is 58.7 Å². The minimum atomic E-state index is -0.301. The number of allylic oxidation sites excluding steroid dienone is 1. The zero-order valence-electron chi connectivity index (χ0n) is 28.2. The minimum absolute atomic E-state index is 0.0110. The number of aliphatic hydroxyl groups excluding tert-OH is 1. The van der Waals surface area contributed by atoms with Crippen molar-refractivity contribution in [3.8, 4) is 0 Å². The molecule has 1 aliphatic heterocycles. The van der Waals surface area contributed by atoms with Crippen molar-refractivity contribution in [3.63, 3.8) is 0 Å². The molecule has 6 aliphatic rings.